The Morgan fingerprint density at radius 1 is 1.12 bits per heavy atom. The zero-order valence-corrected chi connectivity index (χ0v) is 19.8. The van der Waals surface area contributed by atoms with Gasteiger partial charge in [0.2, 0.25) is 5.91 Å². The Labute approximate surface area is 200 Å². The molecular formula is C27H32N2O5. The zero-order chi connectivity index (χ0) is 24.3. The maximum atomic E-state index is 12.6. The molecule has 1 aliphatic carbocycles. The molecule has 0 saturated carbocycles. The summed E-state index contributed by atoms with van der Waals surface area (Å²) in [7, 11) is 0. The Morgan fingerprint density at radius 3 is 2.35 bits per heavy atom. The summed E-state index contributed by atoms with van der Waals surface area (Å²) in [5.41, 5.74) is 3.59. The first-order valence-corrected chi connectivity index (χ1v) is 12.0. The van der Waals surface area contributed by atoms with Crippen LogP contribution in [0.4, 0.5) is 4.79 Å². The molecule has 1 saturated heterocycles. The number of carbonyl (C=O) groups excluding carboxylic acids is 2. The molecule has 7 heteroatoms. The molecule has 2 aliphatic rings. The van der Waals surface area contributed by atoms with Gasteiger partial charge < -0.3 is 20.1 Å². The number of rotatable bonds is 8. The first-order chi connectivity index (χ1) is 16.3. The fourth-order valence-electron chi connectivity index (χ4n) is 5.19. The lowest BCUT2D eigenvalue weighted by atomic mass is 9.98. The van der Waals surface area contributed by atoms with Crippen LogP contribution in [0.5, 0.6) is 0 Å². The molecule has 0 bridgehead atoms. The number of carboxylic acids is 1. The number of hydrogen-bond acceptors (Lipinski definition) is 4. The predicted octanol–water partition coefficient (Wildman–Crippen LogP) is 4.55. The fourth-order valence-corrected chi connectivity index (χ4v) is 5.19. The molecule has 7 nitrogen and oxygen atoms in total. The molecule has 1 fully saturated rings. The van der Waals surface area contributed by atoms with Crippen molar-refractivity contribution >= 4 is 18.0 Å². The number of hydrogen-bond donors (Lipinski definition) is 2. The average Bonchev–Trinajstić information content (AvgIpc) is 3.37. The molecule has 1 unspecified atom stereocenters. The number of likely N-dealkylation sites (tertiary alicyclic amines) is 1. The number of fused-ring (bicyclic) bond motifs is 3. The van der Waals surface area contributed by atoms with Gasteiger partial charge in [0.05, 0.1) is 0 Å². The first-order valence-electron chi connectivity index (χ1n) is 12.0. The van der Waals surface area contributed by atoms with Crippen LogP contribution in [-0.4, -0.2) is 52.7 Å². The zero-order valence-electron chi connectivity index (χ0n) is 19.8. The van der Waals surface area contributed by atoms with Crippen molar-refractivity contribution in [2.75, 3.05) is 13.2 Å². The highest BCUT2D eigenvalue weighted by Crippen LogP contribution is 2.44. The Kier molecular flexibility index (Phi) is 6.91. The quantitative estimate of drug-likeness (QED) is 0.598. The van der Waals surface area contributed by atoms with Crippen molar-refractivity contribution in [1.29, 1.82) is 0 Å². The molecule has 2 atom stereocenters. The highest BCUT2D eigenvalue weighted by molar-refractivity contribution is 5.87. The van der Waals surface area contributed by atoms with E-state index in [1.807, 2.05) is 31.2 Å². The minimum Gasteiger partial charge on any atom is -0.480 e. The molecule has 180 valence electrons. The number of amides is 2. The second-order valence-corrected chi connectivity index (χ2v) is 9.49. The van der Waals surface area contributed by atoms with E-state index in [-0.39, 0.29) is 30.9 Å². The lowest BCUT2D eigenvalue weighted by molar-refractivity contribution is -0.155. The second kappa shape index (κ2) is 9.87. The molecule has 4 rings (SSSR count). The summed E-state index contributed by atoms with van der Waals surface area (Å²) < 4.78 is 5.58. The van der Waals surface area contributed by atoms with Gasteiger partial charge in [-0.3, -0.25) is 4.79 Å². The molecule has 0 aromatic heterocycles. The maximum Gasteiger partial charge on any atom is 0.407 e. The van der Waals surface area contributed by atoms with Crippen LogP contribution in [-0.2, 0) is 14.3 Å². The number of benzene rings is 2. The van der Waals surface area contributed by atoms with Gasteiger partial charge in [0.15, 0.2) is 0 Å². The lowest BCUT2D eigenvalue weighted by Gasteiger charge is -2.31. The Hall–Kier alpha value is -3.35. The Bertz CT molecular complexity index is 1040. The van der Waals surface area contributed by atoms with Gasteiger partial charge in [0.25, 0.3) is 0 Å². The summed E-state index contributed by atoms with van der Waals surface area (Å²) >= 11 is 0. The Balaban J connectivity index is 1.24. The van der Waals surface area contributed by atoms with Gasteiger partial charge >= 0.3 is 12.1 Å². The van der Waals surface area contributed by atoms with E-state index in [2.05, 4.69) is 29.6 Å². The fraction of sp³-hybridized carbons (Fsp3) is 0.444. The van der Waals surface area contributed by atoms with Crippen molar-refractivity contribution in [2.24, 2.45) is 0 Å². The number of nitrogens with one attached hydrogen (secondary N) is 1. The monoisotopic (exact) mass is 464 g/mol. The molecule has 2 amide bonds. The maximum absolute atomic E-state index is 12.6. The van der Waals surface area contributed by atoms with Crippen LogP contribution in [0.3, 0.4) is 0 Å². The van der Waals surface area contributed by atoms with Crippen LogP contribution in [0.1, 0.15) is 63.0 Å². The van der Waals surface area contributed by atoms with Crippen molar-refractivity contribution in [3.8, 4) is 11.1 Å². The smallest absolute Gasteiger partial charge is 0.407 e. The number of nitrogens with zero attached hydrogens (tertiary/aromatic N) is 1. The molecule has 2 N–H and O–H groups in total. The molecule has 1 heterocycles. The van der Waals surface area contributed by atoms with Gasteiger partial charge in [-0.2, -0.15) is 0 Å². The van der Waals surface area contributed by atoms with E-state index in [0.29, 0.717) is 32.2 Å². The van der Waals surface area contributed by atoms with Crippen molar-refractivity contribution in [1.82, 2.24) is 10.2 Å². The number of ether oxygens (including phenoxy) is 1. The van der Waals surface area contributed by atoms with E-state index in [1.165, 1.54) is 27.2 Å². The minimum absolute atomic E-state index is 0.00934. The topological polar surface area (TPSA) is 95.9 Å². The SMILES string of the molecule is CC(CCCC(=O)N1CCC[C@]1(C)C(=O)O)NC(=O)OCC1c2ccccc2-c2ccccc21. The van der Waals surface area contributed by atoms with Crippen LogP contribution in [0.2, 0.25) is 0 Å². The standard InChI is InChI=1S/C27H32N2O5/c1-18(9-7-14-24(30)29-16-8-15-27(29,2)25(31)32)28-26(33)34-17-23-21-12-5-3-10-19(21)20-11-4-6-13-22(20)23/h3-6,10-13,18,23H,7-9,14-17H2,1-2H3,(H,28,33)(H,31,32)/t18?,27-/m1/s1. The summed E-state index contributed by atoms with van der Waals surface area (Å²) in [6.07, 6.45) is 2.14. The van der Waals surface area contributed by atoms with E-state index in [0.717, 1.165) is 0 Å². The molecular weight excluding hydrogens is 432 g/mol. The normalized spacial score (nSPS) is 19.9. The third kappa shape index (κ3) is 4.65. The molecule has 1 aliphatic heterocycles. The molecule has 0 spiro atoms. The van der Waals surface area contributed by atoms with Crippen LogP contribution >= 0.6 is 0 Å². The highest BCUT2D eigenvalue weighted by atomic mass is 16.5. The second-order valence-electron chi connectivity index (χ2n) is 9.49. The van der Waals surface area contributed by atoms with Crippen molar-refractivity contribution in [2.45, 2.75) is 63.5 Å². The molecule has 0 radical (unpaired) electrons. The van der Waals surface area contributed by atoms with Gasteiger partial charge in [0, 0.05) is 24.9 Å². The van der Waals surface area contributed by atoms with Crippen LogP contribution in [0.25, 0.3) is 11.1 Å². The van der Waals surface area contributed by atoms with E-state index >= 15 is 0 Å². The summed E-state index contributed by atoms with van der Waals surface area (Å²) in [6.45, 7) is 4.23. The van der Waals surface area contributed by atoms with Crippen LogP contribution in [0, 0.1) is 0 Å². The van der Waals surface area contributed by atoms with Crippen molar-refractivity contribution in [3.05, 3.63) is 59.7 Å². The number of alkyl carbamates (subject to hydrolysis) is 1. The van der Waals surface area contributed by atoms with Gasteiger partial charge in [-0.25, -0.2) is 9.59 Å². The van der Waals surface area contributed by atoms with Crippen molar-refractivity contribution < 1.29 is 24.2 Å². The first kappa shape index (κ1) is 23.8. The predicted molar refractivity (Wildman–Crippen MR) is 129 cm³/mol. The summed E-state index contributed by atoms with van der Waals surface area (Å²) in [6, 6.07) is 16.2. The van der Waals surface area contributed by atoms with Crippen LogP contribution in [0.15, 0.2) is 48.5 Å². The number of aliphatic carboxylic acids is 1. The van der Waals surface area contributed by atoms with Crippen molar-refractivity contribution in [3.63, 3.8) is 0 Å². The molecule has 34 heavy (non-hydrogen) atoms. The van der Waals surface area contributed by atoms with Gasteiger partial charge in [0.1, 0.15) is 12.1 Å². The summed E-state index contributed by atoms with van der Waals surface area (Å²) in [5.74, 6) is -1.09. The van der Waals surface area contributed by atoms with E-state index in [4.69, 9.17) is 4.74 Å². The third-order valence-electron chi connectivity index (χ3n) is 7.14. The van der Waals surface area contributed by atoms with Gasteiger partial charge in [-0.15, -0.1) is 0 Å². The lowest BCUT2D eigenvalue weighted by Crippen LogP contribution is -2.50. The summed E-state index contributed by atoms with van der Waals surface area (Å²) in [5, 5.41) is 12.3. The average molecular weight is 465 g/mol. The molecule has 2 aromatic carbocycles. The van der Waals surface area contributed by atoms with E-state index < -0.39 is 17.6 Å². The third-order valence-corrected chi connectivity index (χ3v) is 7.14. The minimum atomic E-state index is -1.11. The number of carboxylic acid groups (broad SMARTS) is 1. The van der Waals surface area contributed by atoms with E-state index in [9.17, 15) is 19.5 Å². The molecule has 2 aromatic rings. The van der Waals surface area contributed by atoms with Gasteiger partial charge in [-0.05, 0) is 61.8 Å². The van der Waals surface area contributed by atoms with E-state index in [1.54, 1.807) is 6.92 Å². The Morgan fingerprint density at radius 2 is 1.74 bits per heavy atom. The largest absolute Gasteiger partial charge is 0.480 e. The van der Waals surface area contributed by atoms with Crippen LogP contribution < -0.4 is 5.32 Å². The number of carbonyl (C=O) groups is 3. The highest BCUT2D eigenvalue weighted by Gasteiger charge is 2.45. The van der Waals surface area contributed by atoms with Gasteiger partial charge in [-0.1, -0.05) is 48.5 Å². The summed E-state index contributed by atoms with van der Waals surface area (Å²) in [4.78, 5) is 38.1.